The first-order valence-corrected chi connectivity index (χ1v) is 7.53. The highest BCUT2D eigenvalue weighted by atomic mass is 35.5. The van der Waals surface area contributed by atoms with Crippen molar-refractivity contribution in [2.24, 2.45) is 0 Å². The van der Waals surface area contributed by atoms with Crippen LogP contribution in [0.2, 0.25) is 5.02 Å². The van der Waals surface area contributed by atoms with Crippen LogP contribution in [-0.2, 0) is 0 Å². The summed E-state index contributed by atoms with van der Waals surface area (Å²) in [6, 6.07) is 5.24. The molecule has 0 atom stereocenters. The molecule has 0 bridgehead atoms. The molecule has 1 amide bonds. The molecule has 3 aromatic rings. The maximum absolute atomic E-state index is 12.3. The number of anilines is 1. The zero-order chi connectivity index (χ0) is 16.6. The first-order valence-electron chi connectivity index (χ1n) is 7.15. The van der Waals surface area contributed by atoms with Crippen molar-refractivity contribution in [2.45, 2.75) is 26.7 Å². The molecule has 0 aliphatic carbocycles. The molecule has 3 aromatic heterocycles. The third-order valence-electron chi connectivity index (χ3n) is 3.26. The highest BCUT2D eigenvalue weighted by Crippen LogP contribution is 2.20. The number of pyridine rings is 2. The number of fused-ring (bicyclic) bond motifs is 1. The summed E-state index contributed by atoms with van der Waals surface area (Å²) in [4.78, 5) is 25.0. The number of halogens is 1. The maximum atomic E-state index is 12.3. The molecular formula is C16H15ClN4O2. The van der Waals surface area contributed by atoms with Gasteiger partial charge in [-0.25, -0.2) is 15.0 Å². The first kappa shape index (κ1) is 15.4. The molecule has 0 spiro atoms. The van der Waals surface area contributed by atoms with E-state index in [1.54, 1.807) is 25.1 Å². The Morgan fingerprint density at radius 2 is 2.09 bits per heavy atom. The lowest BCUT2D eigenvalue weighted by Gasteiger charge is -2.04. The second-order valence-corrected chi connectivity index (χ2v) is 5.91. The number of aromatic nitrogens is 3. The summed E-state index contributed by atoms with van der Waals surface area (Å²) in [5, 5.41) is 4.04. The van der Waals surface area contributed by atoms with Crippen LogP contribution in [-0.4, -0.2) is 20.9 Å². The molecule has 0 saturated carbocycles. The molecule has 0 aromatic carbocycles. The predicted molar refractivity (Wildman–Crippen MR) is 87.8 cm³/mol. The van der Waals surface area contributed by atoms with Crippen LogP contribution in [0.4, 0.5) is 5.82 Å². The van der Waals surface area contributed by atoms with Crippen molar-refractivity contribution in [3.8, 4) is 0 Å². The van der Waals surface area contributed by atoms with E-state index in [1.807, 2.05) is 13.8 Å². The zero-order valence-electron chi connectivity index (χ0n) is 12.9. The lowest BCUT2D eigenvalue weighted by Crippen LogP contribution is -2.13. The van der Waals surface area contributed by atoms with Gasteiger partial charge in [0, 0.05) is 17.5 Å². The number of hydrogen-bond acceptors (Lipinski definition) is 5. The topological polar surface area (TPSA) is 80.9 Å². The number of carbonyl (C=O) groups is 1. The average Bonchev–Trinajstić information content (AvgIpc) is 2.90. The fourth-order valence-corrected chi connectivity index (χ4v) is 2.27. The summed E-state index contributed by atoms with van der Waals surface area (Å²) in [7, 11) is 0. The summed E-state index contributed by atoms with van der Waals surface area (Å²) in [5.41, 5.74) is 1.06. The summed E-state index contributed by atoms with van der Waals surface area (Å²) >= 11 is 5.89. The normalized spacial score (nSPS) is 11.2. The van der Waals surface area contributed by atoms with E-state index in [2.05, 4.69) is 20.3 Å². The third-order valence-corrected chi connectivity index (χ3v) is 3.47. The smallest absolute Gasteiger partial charge is 0.294 e. The number of nitrogens with zero attached hydrogens (tertiary/aromatic N) is 3. The molecule has 0 fully saturated rings. The molecular weight excluding hydrogens is 316 g/mol. The van der Waals surface area contributed by atoms with Gasteiger partial charge in [-0.2, -0.15) is 0 Å². The van der Waals surface area contributed by atoms with Crippen LogP contribution in [0.3, 0.4) is 0 Å². The Labute approximate surface area is 137 Å². The molecule has 7 heteroatoms. The standard InChI is InChI=1S/C16H15ClN4O2/c1-8(2)16-19-9(3)13(23-16)15(22)21-12-5-4-10-6-11(17)7-18-14(10)20-12/h4-8H,1-3H3,(H,18,20,21,22). The van der Waals surface area contributed by atoms with Crippen LogP contribution in [0.25, 0.3) is 11.0 Å². The SMILES string of the molecule is Cc1nc(C(C)C)oc1C(=O)Nc1ccc2cc(Cl)cnc2n1. The molecule has 118 valence electrons. The monoisotopic (exact) mass is 330 g/mol. The summed E-state index contributed by atoms with van der Waals surface area (Å²) in [6.07, 6.45) is 1.51. The number of amides is 1. The number of nitrogens with one attached hydrogen (secondary N) is 1. The van der Waals surface area contributed by atoms with E-state index < -0.39 is 0 Å². The van der Waals surface area contributed by atoms with Gasteiger partial charge in [0.05, 0.1) is 10.7 Å². The second-order valence-electron chi connectivity index (χ2n) is 5.47. The molecule has 0 radical (unpaired) electrons. The molecule has 0 aliphatic rings. The Morgan fingerprint density at radius 3 is 2.78 bits per heavy atom. The van der Waals surface area contributed by atoms with Crippen LogP contribution >= 0.6 is 11.6 Å². The van der Waals surface area contributed by atoms with Gasteiger partial charge in [0.25, 0.3) is 5.91 Å². The fourth-order valence-electron chi connectivity index (χ4n) is 2.10. The van der Waals surface area contributed by atoms with Gasteiger partial charge in [0.1, 0.15) is 5.82 Å². The highest BCUT2D eigenvalue weighted by Gasteiger charge is 2.19. The summed E-state index contributed by atoms with van der Waals surface area (Å²) < 4.78 is 5.53. The quantitative estimate of drug-likeness (QED) is 0.786. The molecule has 0 unspecified atom stereocenters. The zero-order valence-corrected chi connectivity index (χ0v) is 13.7. The Hall–Kier alpha value is -2.47. The molecule has 1 N–H and O–H groups in total. The number of hydrogen-bond donors (Lipinski definition) is 1. The number of oxazole rings is 1. The first-order chi connectivity index (χ1) is 10.9. The molecule has 23 heavy (non-hydrogen) atoms. The van der Waals surface area contributed by atoms with Gasteiger partial charge in [-0.05, 0) is 25.1 Å². The van der Waals surface area contributed by atoms with Crippen molar-refractivity contribution in [3.05, 3.63) is 46.8 Å². The molecule has 0 saturated heterocycles. The van der Waals surface area contributed by atoms with Crippen LogP contribution < -0.4 is 5.32 Å². The fraction of sp³-hybridized carbons (Fsp3) is 0.250. The summed E-state index contributed by atoms with van der Waals surface area (Å²) in [5.74, 6) is 0.847. The van der Waals surface area contributed by atoms with Gasteiger partial charge in [-0.1, -0.05) is 25.4 Å². The van der Waals surface area contributed by atoms with Crippen LogP contribution in [0.15, 0.2) is 28.8 Å². The van der Waals surface area contributed by atoms with E-state index in [9.17, 15) is 4.79 Å². The van der Waals surface area contributed by atoms with E-state index in [0.717, 1.165) is 5.39 Å². The number of rotatable bonds is 3. The van der Waals surface area contributed by atoms with E-state index in [4.69, 9.17) is 16.0 Å². The molecule has 0 aliphatic heterocycles. The molecule has 3 heterocycles. The predicted octanol–water partition coefficient (Wildman–Crippen LogP) is 3.96. The van der Waals surface area contributed by atoms with Gasteiger partial charge >= 0.3 is 0 Å². The average molecular weight is 331 g/mol. The lowest BCUT2D eigenvalue weighted by atomic mass is 10.2. The third kappa shape index (κ3) is 3.17. The largest absolute Gasteiger partial charge is 0.435 e. The van der Waals surface area contributed by atoms with Gasteiger partial charge in [0.2, 0.25) is 5.76 Å². The second kappa shape index (κ2) is 5.96. The number of aryl methyl sites for hydroxylation is 1. The van der Waals surface area contributed by atoms with Crippen molar-refractivity contribution in [1.29, 1.82) is 0 Å². The van der Waals surface area contributed by atoms with Crippen molar-refractivity contribution in [3.63, 3.8) is 0 Å². The van der Waals surface area contributed by atoms with Crippen LogP contribution in [0, 0.1) is 6.92 Å². The van der Waals surface area contributed by atoms with E-state index in [1.165, 1.54) is 6.20 Å². The minimum atomic E-state index is -0.386. The van der Waals surface area contributed by atoms with Crippen molar-refractivity contribution in [1.82, 2.24) is 15.0 Å². The van der Waals surface area contributed by atoms with Crippen LogP contribution in [0.5, 0.6) is 0 Å². The van der Waals surface area contributed by atoms with E-state index >= 15 is 0 Å². The van der Waals surface area contributed by atoms with Crippen molar-refractivity contribution < 1.29 is 9.21 Å². The van der Waals surface area contributed by atoms with Crippen molar-refractivity contribution in [2.75, 3.05) is 5.32 Å². The van der Waals surface area contributed by atoms with Gasteiger partial charge in [-0.15, -0.1) is 0 Å². The summed E-state index contributed by atoms with van der Waals surface area (Å²) in [6.45, 7) is 5.64. The minimum absolute atomic E-state index is 0.114. The maximum Gasteiger partial charge on any atom is 0.294 e. The van der Waals surface area contributed by atoms with E-state index in [0.29, 0.717) is 28.1 Å². The Balaban J connectivity index is 1.86. The van der Waals surface area contributed by atoms with Gasteiger partial charge in [0.15, 0.2) is 11.5 Å². The molecule has 3 rings (SSSR count). The van der Waals surface area contributed by atoms with Crippen LogP contribution in [0.1, 0.15) is 41.9 Å². The Morgan fingerprint density at radius 1 is 1.30 bits per heavy atom. The highest BCUT2D eigenvalue weighted by molar-refractivity contribution is 6.31. The van der Waals surface area contributed by atoms with E-state index in [-0.39, 0.29) is 17.6 Å². The lowest BCUT2D eigenvalue weighted by molar-refractivity contribution is 0.0993. The Bertz CT molecular complexity index is 889. The van der Waals surface area contributed by atoms with Gasteiger partial charge < -0.3 is 9.73 Å². The minimum Gasteiger partial charge on any atom is -0.435 e. The number of carbonyl (C=O) groups excluding carboxylic acids is 1. The molecule has 6 nitrogen and oxygen atoms in total. The van der Waals surface area contributed by atoms with Crippen molar-refractivity contribution >= 4 is 34.4 Å². The van der Waals surface area contributed by atoms with Gasteiger partial charge in [-0.3, -0.25) is 4.79 Å². The Kier molecular flexibility index (Phi) is 4.00.